The van der Waals surface area contributed by atoms with E-state index in [1.807, 2.05) is 0 Å². The van der Waals surface area contributed by atoms with Crippen molar-refractivity contribution >= 4 is 17.8 Å². The first-order chi connectivity index (χ1) is 10.7. The van der Waals surface area contributed by atoms with Gasteiger partial charge in [0.05, 0.1) is 6.61 Å². The van der Waals surface area contributed by atoms with Crippen LogP contribution in [0.4, 0.5) is 4.79 Å². The number of rotatable bonds is 2. The second-order valence-electron chi connectivity index (χ2n) is 7.44. The van der Waals surface area contributed by atoms with Crippen molar-refractivity contribution in [3.05, 3.63) is 0 Å². The fourth-order valence-corrected chi connectivity index (χ4v) is 3.44. The zero-order chi connectivity index (χ0) is 17.2. The van der Waals surface area contributed by atoms with E-state index in [0.717, 1.165) is 6.42 Å². The first kappa shape index (κ1) is 17.8. The number of piperidine rings is 1. The predicted molar refractivity (Wildman–Crippen MR) is 83.8 cm³/mol. The number of ether oxygens (including phenoxy) is 2. The molecule has 2 fully saturated rings. The Morgan fingerprint density at radius 2 is 1.96 bits per heavy atom. The van der Waals surface area contributed by atoms with E-state index in [4.69, 9.17) is 9.47 Å². The molecular weight excluding hydrogens is 298 g/mol. The molecule has 1 saturated carbocycles. The molecule has 6 nitrogen and oxygen atoms in total. The van der Waals surface area contributed by atoms with Crippen LogP contribution in [0.1, 0.15) is 53.4 Å². The number of amides is 1. The predicted octanol–water partition coefficient (Wildman–Crippen LogP) is 2.54. The summed E-state index contributed by atoms with van der Waals surface area (Å²) < 4.78 is 10.6. The zero-order valence-corrected chi connectivity index (χ0v) is 14.5. The minimum Gasteiger partial charge on any atom is -0.464 e. The van der Waals surface area contributed by atoms with E-state index in [9.17, 15) is 14.4 Å². The average molecular weight is 325 g/mol. The summed E-state index contributed by atoms with van der Waals surface area (Å²) >= 11 is 0. The molecule has 23 heavy (non-hydrogen) atoms. The molecule has 1 saturated heterocycles. The summed E-state index contributed by atoms with van der Waals surface area (Å²) in [5.41, 5.74) is -0.615. The smallest absolute Gasteiger partial charge is 0.411 e. The first-order valence-electron chi connectivity index (χ1n) is 8.39. The van der Waals surface area contributed by atoms with Crippen molar-refractivity contribution in [1.82, 2.24) is 4.90 Å². The molecule has 2 rings (SSSR count). The van der Waals surface area contributed by atoms with Crippen LogP contribution < -0.4 is 0 Å². The summed E-state index contributed by atoms with van der Waals surface area (Å²) in [7, 11) is 0. The molecule has 0 unspecified atom stereocenters. The van der Waals surface area contributed by atoms with Gasteiger partial charge in [-0.1, -0.05) is 0 Å². The Hall–Kier alpha value is -1.59. The van der Waals surface area contributed by atoms with Gasteiger partial charge in [0.1, 0.15) is 17.4 Å². The molecular formula is C17H27NO5. The van der Waals surface area contributed by atoms with Crippen LogP contribution >= 0.6 is 0 Å². The lowest BCUT2D eigenvalue weighted by Gasteiger charge is -2.44. The van der Waals surface area contributed by atoms with Gasteiger partial charge in [-0.05, 0) is 52.4 Å². The molecule has 0 bridgehead atoms. The molecule has 130 valence electrons. The van der Waals surface area contributed by atoms with Crippen LogP contribution in [0, 0.1) is 11.8 Å². The molecule has 3 atom stereocenters. The zero-order valence-electron chi connectivity index (χ0n) is 14.5. The largest absolute Gasteiger partial charge is 0.464 e. The van der Waals surface area contributed by atoms with Crippen LogP contribution in [0.2, 0.25) is 0 Å². The molecule has 0 radical (unpaired) electrons. The monoisotopic (exact) mass is 325 g/mol. The van der Waals surface area contributed by atoms with Gasteiger partial charge in [-0.25, -0.2) is 9.59 Å². The molecule has 1 heterocycles. The van der Waals surface area contributed by atoms with Crippen molar-refractivity contribution in [2.24, 2.45) is 11.8 Å². The number of carbonyl (C=O) groups excluding carboxylic acids is 3. The van der Waals surface area contributed by atoms with Gasteiger partial charge in [0.2, 0.25) is 0 Å². The Morgan fingerprint density at radius 3 is 2.57 bits per heavy atom. The van der Waals surface area contributed by atoms with Gasteiger partial charge >= 0.3 is 12.1 Å². The quantitative estimate of drug-likeness (QED) is 0.730. The molecule has 0 aromatic heterocycles. The van der Waals surface area contributed by atoms with E-state index in [1.165, 1.54) is 4.90 Å². The topological polar surface area (TPSA) is 72.9 Å². The lowest BCUT2D eigenvalue weighted by Crippen LogP contribution is -2.56. The van der Waals surface area contributed by atoms with E-state index in [0.29, 0.717) is 25.8 Å². The van der Waals surface area contributed by atoms with Gasteiger partial charge < -0.3 is 9.47 Å². The Labute approximate surface area is 137 Å². The molecule has 2 aliphatic rings. The maximum atomic E-state index is 12.5. The highest BCUT2D eigenvalue weighted by molar-refractivity contribution is 5.83. The summed E-state index contributed by atoms with van der Waals surface area (Å²) in [5, 5.41) is 0. The molecule has 0 aromatic carbocycles. The van der Waals surface area contributed by atoms with Gasteiger partial charge in [0.25, 0.3) is 0 Å². The second kappa shape index (κ2) is 6.89. The van der Waals surface area contributed by atoms with Crippen molar-refractivity contribution in [1.29, 1.82) is 0 Å². The summed E-state index contributed by atoms with van der Waals surface area (Å²) in [6.07, 6.45) is 1.84. The number of hydrogen-bond donors (Lipinski definition) is 0. The number of carbonyl (C=O) groups is 3. The normalized spacial score (nSPS) is 28.1. The number of nitrogens with zero attached hydrogens (tertiary/aromatic N) is 1. The van der Waals surface area contributed by atoms with Crippen molar-refractivity contribution in [2.45, 2.75) is 65.0 Å². The minimum atomic E-state index is -0.656. The van der Waals surface area contributed by atoms with Crippen molar-refractivity contribution < 1.29 is 23.9 Å². The molecule has 1 amide bonds. The van der Waals surface area contributed by atoms with E-state index in [2.05, 4.69) is 0 Å². The Balaban J connectivity index is 2.16. The maximum Gasteiger partial charge on any atom is 0.411 e. The highest BCUT2D eigenvalue weighted by Crippen LogP contribution is 2.38. The number of Topliss-reactive ketones (excluding diaryl/α,β-unsaturated/α-hetero) is 1. The van der Waals surface area contributed by atoms with E-state index >= 15 is 0 Å². The summed E-state index contributed by atoms with van der Waals surface area (Å²) in [4.78, 5) is 38.0. The summed E-state index contributed by atoms with van der Waals surface area (Å²) in [5.74, 6) is 0.254. The molecule has 1 aliphatic carbocycles. The SMILES string of the molecule is CCOC(=O)[C@@H]1C[C@@H]2CC(=O)CC[C@@H]2CN1C(=O)OC(C)(C)C. The molecule has 6 heteroatoms. The third-order valence-corrected chi connectivity index (χ3v) is 4.47. The van der Waals surface area contributed by atoms with E-state index in [-0.39, 0.29) is 24.2 Å². The van der Waals surface area contributed by atoms with Gasteiger partial charge in [-0.15, -0.1) is 0 Å². The van der Waals surface area contributed by atoms with Crippen molar-refractivity contribution in [2.75, 3.05) is 13.2 Å². The van der Waals surface area contributed by atoms with Gasteiger partial charge in [0, 0.05) is 19.4 Å². The highest BCUT2D eigenvalue weighted by Gasteiger charge is 2.45. The first-order valence-corrected chi connectivity index (χ1v) is 8.39. The molecule has 0 aromatic rings. The molecule has 0 spiro atoms. The standard InChI is InChI=1S/C17H27NO5/c1-5-22-15(20)14-9-12-8-13(19)7-6-11(12)10-18(14)16(21)23-17(2,3)4/h11-12,14H,5-10H2,1-4H3/t11-,12+,14+/m1/s1. The van der Waals surface area contributed by atoms with Gasteiger partial charge in [0.15, 0.2) is 0 Å². The summed E-state index contributed by atoms with van der Waals surface area (Å²) in [6.45, 7) is 7.87. The van der Waals surface area contributed by atoms with Crippen LogP contribution in [0.25, 0.3) is 0 Å². The second-order valence-corrected chi connectivity index (χ2v) is 7.44. The third-order valence-electron chi connectivity index (χ3n) is 4.47. The number of hydrogen-bond acceptors (Lipinski definition) is 5. The lowest BCUT2D eigenvalue weighted by molar-refractivity contribution is -0.153. The van der Waals surface area contributed by atoms with E-state index in [1.54, 1.807) is 27.7 Å². The minimum absolute atomic E-state index is 0.157. The van der Waals surface area contributed by atoms with Crippen LogP contribution in [0.5, 0.6) is 0 Å². The third kappa shape index (κ3) is 4.45. The molecule has 0 N–H and O–H groups in total. The van der Waals surface area contributed by atoms with Gasteiger partial charge in [-0.3, -0.25) is 9.69 Å². The average Bonchev–Trinajstić information content (AvgIpc) is 2.44. The van der Waals surface area contributed by atoms with E-state index < -0.39 is 23.7 Å². The molecule has 1 aliphatic heterocycles. The maximum absolute atomic E-state index is 12.5. The Bertz CT molecular complexity index is 482. The van der Waals surface area contributed by atoms with Crippen LogP contribution in [0.15, 0.2) is 0 Å². The van der Waals surface area contributed by atoms with Crippen LogP contribution in [0.3, 0.4) is 0 Å². The van der Waals surface area contributed by atoms with Crippen molar-refractivity contribution in [3.8, 4) is 0 Å². The number of ketones is 1. The number of esters is 1. The highest BCUT2D eigenvalue weighted by atomic mass is 16.6. The fourth-order valence-electron chi connectivity index (χ4n) is 3.44. The fraction of sp³-hybridized carbons (Fsp3) is 0.824. The lowest BCUT2D eigenvalue weighted by atomic mass is 9.72. The Kier molecular flexibility index (Phi) is 5.32. The van der Waals surface area contributed by atoms with Crippen molar-refractivity contribution in [3.63, 3.8) is 0 Å². The summed E-state index contributed by atoms with van der Waals surface area (Å²) in [6, 6.07) is -0.656. The Morgan fingerprint density at radius 1 is 1.26 bits per heavy atom. The number of fused-ring (bicyclic) bond motifs is 1. The van der Waals surface area contributed by atoms with Crippen LogP contribution in [-0.4, -0.2) is 47.5 Å². The number of likely N-dealkylation sites (tertiary alicyclic amines) is 1. The van der Waals surface area contributed by atoms with Crippen LogP contribution in [-0.2, 0) is 19.1 Å². The van der Waals surface area contributed by atoms with Gasteiger partial charge in [-0.2, -0.15) is 0 Å².